The Morgan fingerprint density at radius 2 is 1.90 bits per heavy atom. The maximum absolute atomic E-state index is 9.99. The molecule has 0 aromatic heterocycles. The van der Waals surface area contributed by atoms with Crippen LogP contribution in [0.4, 0.5) is 0 Å². The molecule has 0 bridgehead atoms. The highest BCUT2D eigenvalue weighted by Crippen LogP contribution is 2.35. The second kappa shape index (κ2) is 5.81. The third-order valence-corrected chi connectivity index (χ3v) is 3.81. The van der Waals surface area contributed by atoms with Crippen molar-refractivity contribution in [3.8, 4) is 5.75 Å². The summed E-state index contributed by atoms with van der Waals surface area (Å²) in [4.78, 5) is 0. The van der Waals surface area contributed by atoms with E-state index in [-0.39, 0.29) is 6.10 Å². The molecule has 1 atom stereocenters. The van der Waals surface area contributed by atoms with Gasteiger partial charge in [0.1, 0.15) is 11.9 Å². The minimum atomic E-state index is -0.533. The smallest absolute Gasteiger partial charge is 0.133 e. The van der Waals surface area contributed by atoms with Crippen molar-refractivity contribution in [3.05, 3.63) is 42.0 Å². The fourth-order valence-corrected chi connectivity index (χ4v) is 2.68. The van der Waals surface area contributed by atoms with Crippen LogP contribution in [-0.2, 0) is 4.74 Å². The van der Waals surface area contributed by atoms with Gasteiger partial charge < -0.3 is 14.6 Å². The molecule has 20 heavy (non-hydrogen) atoms. The number of fused-ring (bicyclic) bond motifs is 1. The van der Waals surface area contributed by atoms with Crippen molar-refractivity contribution in [3.63, 3.8) is 0 Å². The lowest BCUT2D eigenvalue weighted by Gasteiger charge is -2.26. The molecule has 1 saturated heterocycles. The fraction of sp³-hybridized carbons (Fsp3) is 0.412. The number of ether oxygens (including phenoxy) is 2. The van der Waals surface area contributed by atoms with Crippen LogP contribution >= 0.6 is 0 Å². The van der Waals surface area contributed by atoms with E-state index in [1.54, 1.807) is 6.92 Å². The van der Waals surface area contributed by atoms with E-state index in [0.717, 1.165) is 48.1 Å². The Bertz CT molecular complexity index is 586. The normalized spacial score (nSPS) is 18.1. The molecule has 0 amide bonds. The minimum Gasteiger partial charge on any atom is -0.489 e. The van der Waals surface area contributed by atoms with Gasteiger partial charge in [-0.2, -0.15) is 0 Å². The Morgan fingerprint density at radius 1 is 1.15 bits per heavy atom. The zero-order chi connectivity index (χ0) is 13.9. The van der Waals surface area contributed by atoms with Crippen molar-refractivity contribution in [2.45, 2.75) is 32.0 Å². The standard InChI is InChI=1S/C17H20O3/c1-12(18)15-7-6-13-4-2-3-5-16(13)17(15)20-14-8-10-19-11-9-14/h2-7,12,14,18H,8-11H2,1H3. The van der Waals surface area contributed by atoms with Crippen LogP contribution in [0.25, 0.3) is 10.8 Å². The number of hydrogen-bond donors (Lipinski definition) is 1. The van der Waals surface area contributed by atoms with Gasteiger partial charge in [-0.05, 0) is 12.3 Å². The van der Waals surface area contributed by atoms with Gasteiger partial charge in [-0.3, -0.25) is 0 Å². The molecule has 0 aliphatic carbocycles. The predicted octanol–water partition coefficient (Wildman–Crippen LogP) is 3.45. The average Bonchev–Trinajstić information content (AvgIpc) is 2.48. The van der Waals surface area contributed by atoms with Gasteiger partial charge in [0.25, 0.3) is 0 Å². The Hall–Kier alpha value is -1.58. The largest absolute Gasteiger partial charge is 0.489 e. The van der Waals surface area contributed by atoms with Crippen molar-refractivity contribution in [2.75, 3.05) is 13.2 Å². The molecule has 3 rings (SSSR count). The molecule has 1 fully saturated rings. The summed E-state index contributed by atoms with van der Waals surface area (Å²) in [5.74, 6) is 0.824. The topological polar surface area (TPSA) is 38.7 Å². The van der Waals surface area contributed by atoms with Crippen LogP contribution in [0.1, 0.15) is 31.4 Å². The molecule has 1 aliphatic heterocycles. The van der Waals surface area contributed by atoms with E-state index < -0.39 is 6.10 Å². The molecule has 3 heteroatoms. The molecule has 2 aromatic carbocycles. The SMILES string of the molecule is CC(O)c1ccc2ccccc2c1OC1CCOCC1. The van der Waals surface area contributed by atoms with Gasteiger partial charge in [0, 0.05) is 23.8 Å². The predicted molar refractivity (Wildman–Crippen MR) is 79.1 cm³/mol. The van der Waals surface area contributed by atoms with Crippen LogP contribution in [0, 0.1) is 0 Å². The summed E-state index contributed by atoms with van der Waals surface area (Å²) in [6.45, 7) is 3.28. The third kappa shape index (κ3) is 2.65. The molecule has 1 N–H and O–H groups in total. The Kier molecular flexibility index (Phi) is 3.90. The third-order valence-electron chi connectivity index (χ3n) is 3.81. The molecule has 1 unspecified atom stereocenters. The molecular formula is C17H20O3. The monoisotopic (exact) mass is 272 g/mol. The van der Waals surface area contributed by atoms with Crippen LogP contribution < -0.4 is 4.74 Å². The van der Waals surface area contributed by atoms with Gasteiger partial charge in [0.15, 0.2) is 0 Å². The highest BCUT2D eigenvalue weighted by atomic mass is 16.5. The molecule has 0 radical (unpaired) electrons. The number of benzene rings is 2. The van der Waals surface area contributed by atoms with E-state index in [1.165, 1.54) is 0 Å². The summed E-state index contributed by atoms with van der Waals surface area (Å²) >= 11 is 0. The highest BCUT2D eigenvalue weighted by molar-refractivity contribution is 5.89. The van der Waals surface area contributed by atoms with Crippen molar-refractivity contribution in [1.82, 2.24) is 0 Å². The molecule has 1 heterocycles. The first-order valence-electron chi connectivity index (χ1n) is 7.20. The van der Waals surface area contributed by atoms with Crippen LogP contribution in [0.5, 0.6) is 5.75 Å². The van der Waals surface area contributed by atoms with Crippen molar-refractivity contribution < 1.29 is 14.6 Å². The van der Waals surface area contributed by atoms with Crippen LogP contribution in [0.15, 0.2) is 36.4 Å². The molecular weight excluding hydrogens is 252 g/mol. The molecule has 0 spiro atoms. The summed E-state index contributed by atoms with van der Waals surface area (Å²) in [5.41, 5.74) is 0.857. The quantitative estimate of drug-likeness (QED) is 0.930. The van der Waals surface area contributed by atoms with Gasteiger partial charge in [0.05, 0.1) is 19.3 Å². The number of hydrogen-bond acceptors (Lipinski definition) is 3. The molecule has 1 aliphatic rings. The van der Waals surface area contributed by atoms with E-state index in [4.69, 9.17) is 9.47 Å². The zero-order valence-electron chi connectivity index (χ0n) is 11.7. The second-order valence-electron chi connectivity index (χ2n) is 5.31. The number of aliphatic hydroxyl groups is 1. The van der Waals surface area contributed by atoms with Crippen LogP contribution in [0.2, 0.25) is 0 Å². The summed E-state index contributed by atoms with van der Waals surface area (Å²) in [6, 6.07) is 12.1. The molecule has 106 valence electrons. The summed E-state index contributed by atoms with van der Waals surface area (Å²) in [5, 5.41) is 12.2. The number of aliphatic hydroxyl groups excluding tert-OH is 1. The minimum absolute atomic E-state index is 0.173. The van der Waals surface area contributed by atoms with Gasteiger partial charge in [-0.15, -0.1) is 0 Å². The first-order chi connectivity index (χ1) is 9.75. The molecule has 3 nitrogen and oxygen atoms in total. The molecule has 0 saturated carbocycles. The van der Waals surface area contributed by atoms with Gasteiger partial charge in [-0.1, -0.05) is 36.4 Å². The first-order valence-corrected chi connectivity index (χ1v) is 7.20. The average molecular weight is 272 g/mol. The van der Waals surface area contributed by atoms with Crippen LogP contribution in [0.3, 0.4) is 0 Å². The first kappa shape index (κ1) is 13.4. The summed E-state index contributed by atoms with van der Waals surface area (Å²) in [7, 11) is 0. The fourth-order valence-electron chi connectivity index (χ4n) is 2.68. The van der Waals surface area contributed by atoms with E-state index in [9.17, 15) is 5.11 Å². The summed E-state index contributed by atoms with van der Waals surface area (Å²) < 4.78 is 11.6. The lowest BCUT2D eigenvalue weighted by Crippen LogP contribution is -2.26. The number of rotatable bonds is 3. The van der Waals surface area contributed by atoms with E-state index in [1.807, 2.05) is 24.3 Å². The van der Waals surface area contributed by atoms with E-state index >= 15 is 0 Å². The van der Waals surface area contributed by atoms with Crippen LogP contribution in [-0.4, -0.2) is 24.4 Å². The van der Waals surface area contributed by atoms with E-state index in [2.05, 4.69) is 12.1 Å². The second-order valence-corrected chi connectivity index (χ2v) is 5.31. The Balaban J connectivity index is 2.02. The summed E-state index contributed by atoms with van der Waals surface area (Å²) in [6.07, 6.45) is 1.45. The van der Waals surface area contributed by atoms with Gasteiger partial charge in [-0.25, -0.2) is 0 Å². The van der Waals surface area contributed by atoms with Gasteiger partial charge >= 0.3 is 0 Å². The van der Waals surface area contributed by atoms with E-state index in [0.29, 0.717) is 0 Å². The van der Waals surface area contributed by atoms with Gasteiger partial charge in [0.2, 0.25) is 0 Å². The molecule has 2 aromatic rings. The van der Waals surface area contributed by atoms with Crippen molar-refractivity contribution in [2.24, 2.45) is 0 Å². The van der Waals surface area contributed by atoms with Crippen molar-refractivity contribution in [1.29, 1.82) is 0 Å². The maximum atomic E-state index is 9.99. The maximum Gasteiger partial charge on any atom is 0.133 e. The Labute approximate surface area is 119 Å². The lowest BCUT2D eigenvalue weighted by molar-refractivity contribution is 0.0249. The lowest BCUT2D eigenvalue weighted by atomic mass is 10.0. The zero-order valence-corrected chi connectivity index (χ0v) is 11.7. The van der Waals surface area contributed by atoms with Crippen molar-refractivity contribution >= 4 is 10.8 Å². The highest BCUT2D eigenvalue weighted by Gasteiger charge is 2.20. The Morgan fingerprint density at radius 3 is 2.65 bits per heavy atom.